The Balaban J connectivity index is 2.14. The Bertz CT molecular complexity index is 789. The van der Waals surface area contributed by atoms with Crippen molar-refractivity contribution >= 4 is 34.0 Å². The maximum Gasteiger partial charge on any atom is 0.146 e. The second kappa shape index (κ2) is 5.70. The van der Waals surface area contributed by atoms with Crippen LogP contribution in [0.2, 0.25) is 0 Å². The molecule has 21 heavy (non-hydrogen) atoms. The molecule has 0 aliphatic carbocycles. The number of anilines is 2. The van der Waals surface area contributed by atoms with Gasteiger partial charge in [-0.2, -0.15) is 0 Å². The van der Waals surface area contributed by atoms with Crippen molar-refractivity contribution in [2.45, 2.75) is 5.88 Å². The Kier molecular flexibility index (Phi) is 3.76. The zero-order valence-electron chi connectivity index (χ0n) is 11.6. The van der Waals surface area contributed by atoms with E-state index in [1.165, 1.54) is 6.07 Å². The van der Waals surface area contributed by atoms with Crippen LogP contribution in [0.1, 0.15) is 5.56 Å². The van der Waals surface area contributed by atoms with Gasteiger partial charge in [-0.05, 0) is 29.8 Å². The van der Waals surface area contributed by atoms with Crippen LogP contribution >= 0.6 is 11.6 Å². The van der Waals surface area contributed by atoms with Gasteiger partial charge in [0, 0.05) is 18.3 Å². The number of hydrogen-bond acceptors (Lipinski definition) is 2. The molecule has 0 radical (unpaired) electrons. The average Bonchev–Trinajstić information content (AvgIpc) is 2.53. The van der Waals surface area contributed by atoms with Gasteiger partial charge in [0.1, 0.15) is 11.6 Å². The highest BCUT2D eigenvalue weighted by atomic mass is 35.5. The Morgan fingerprint density at radius 2 is 1.81 bits per heavy atom. The van der Waals surface area contributed by atoms with Crippen molar-refractivity contribution in [2.75, 3.05) is 11.9 Å². The van der Waals surface area contributed by atoms with E-state index in [4.69, 9.17) is 11.6 Å². The van der Waals surface area contributed by atoms with Gasteiger partial charge in [0.05, 0.1) is 11.2 Å². The molecule has 0 atom stereocenters. The summed E-state index contributed by atoms with van der Waals surface area (Å²) >= 11 is 6.04. The van der Waals surface area contributed by atoms with Crippen molar-refractivity contribution in [3.8, 4) is 0 Å². The van der Waals surface area contributed by atoms with E-state index in [0.29, 0.717) is 17.4 Å². The van der Waals surface area contributed by atoms with Gasteiger partial charge in [-0.3, -0.25) is 0 Å². The minimum absolute atomic E-state index is 0.276. The van der Waals surface area contributed by atoms with Crippen LogP contribution in [0.5, 0.6) is 0 Å². The maximum absolute atomic E-state index is 13.9. The number of hydrogen-bond donors (Lipinski definition) is 0. The van der Waals surface area contributed by atoms with Crippen molar-refractivity contribution in [1.29, 1.82) is 0 Å². The number of benzene rings is 2. The first-order valence-electron chi connectivity index (χ1n) is 6.63. The summed E-state index contributed by atoms with van der Waals surface area (Å²) in [6.07, 6.45) is 0. The van der Waals surface area contributed by atoms with E-state index in [1.807, 2.05) is 30.3 Å². The van der Waals surface area contributed by atoms with Crippen molar-refractivity contribution in [3.63, 3.8) is 0 Å². The normalized spacial score (nSPS) is 10.8. The third-order valence-corrected chi connectivity index (χ3v) is 3.78. The molecular weight excluding hydrogens is 287 g/mol. The molecule has 3 aromatic rings. The molecule has 0 N–H and O–H groups in total. The van der Waals surface area contributed by atoms with Crippen LogP contribution in [-0.4, -0.2) is 12.0 Å². The van der Waals surface area contributed by atoms with Crippen LogP contribution in [0, 0.1) is 5.82 Å². The molecule has 1 heterocycles. The zero-order valence-corrected chi connectivity index (χ0v) is 12.3. The summed E-state index contributed by atoms with van der Waals surface area (Å²) in [5.41, 5.74) is 2.33. The first-order valence-corrected chi connectivity index (χ1v) is 7.17. The standard InChI is InChI=1S/C17H14ClFN2/c1-21(16-9-5-3-7-14(16)19)17-10-12(11-18)13-6-2-4-8-15(13)20-17/h2-10H,11H2,1H3. The van der Waals surface area contributed by atoms with Gasteiger partial charge in [-0.15, -0.1) is 11.6 Å². The molecule has 2 aromatic carbocycles. The molecule has 0 saturated heterocycles. The van der Waals surface area contributed by atoms with E-state index < -0.39 is 0 Å². The summed E-state index contributed by atoms with van der Waals surface area (Å²) < 4.78 is 13.9. The molecule has 0 unspecified atom stereocenters. The molecule has 0 bridgehead atoms. The van der Waals surface area contributed by atoms with Crippen molar-refractivity contribution < 1.29 is 4.39 Å². The van der Waals surface area contributed by atoms with E-state index in [1.54, 1.807) is 30.1 Å². The van der Waals surface area contributed by atoms with Crippen molar-refractivity contribution in [3.05, 3.63) is 66.0 Å². The van der Waals surface area contributed by atoms with Crippen LogP contribution in [-0.2, 0) is 5.88 Å². The van der Waals surface area contributed by atoms with Gasteiger partial charge >= 0.3 is 0 Å². The molecule has 0 fully saturated rings. The van der Waals surface area contributed by atoms with Gasteiger partial charge in [-0.1, -0.05) is 30.3 Å². The predicted molar refractivity (Wildman–Crippen MR) is 85.8 cm³/mol. The van der Waals surface area contributed by atoms with E-state index in [9.17, 15) is 4.39 Å². The number of aromatic nitrogens is 1. The molecule has 0 spiro atoms. The van der Waals surface area contributed by atoms with E-state index >= 15 is 0 Å². The minimum Gasteiger partial charge on any atom is -0.327 e. The predicted octanol–water partition coefficient (Wildman–Crippen LogP) is 4.88. The van der Waals surface area contributed by atoms with Crippen LogP contribution in [0.15, 0.2) is 54.6 Å². The smallest absolute Gasteiger partial charge is 0.146 e. The number of halogens is 2. The zero-order chi connectivity index (χ0) is 14.8. The molecule has 0 amide bonds. The Labute approximate surface area is 127 Å². The summed E-state index contributed by atoms with van der Waals surface area (Å²) in [4.78, 5) is 6.34. The summed E-state index contributed by atoms with van der Waals surface area (Å²) in [6, 6.07) is 16.4. The lowest BCUT2D eigenvalue weighted by Gasteiger charge is -2.20. The maximum atomic E-state index is 13.9. The lowest BCUT2D eigenvalue weighted by atomic mass is 10.1. The minimum atomic E-state index is -0.276. The number of rotatable bonds is 3. The van der Waals surface area contributed by atoms with Crippen molar-refractivity contribution in [1.82, 2.24) is 4.98 Å². The number of alkyl halides is 1. The largest absolute Gasteiger partial charge is 0.327 e. The lowest BCUT2D eigenvalue weighted by molar-refractivity contribution is 0.627. The van der Waals surface area contributed by atoms with Gasteiger partial charge in [-0.25, -0.2) is 9.37 Å². The topological polar surface area (TPSA) is 16.1 Å². The molecule has 4 heteroatoms. The SMILES string of the molecule is CN(c1cc(CCl)c2ccccc2n1)c1ccccc1F. The quantitative estimate of drug-likeness (QED) is 0.641. The highest BCUT2D eigenvalue weighted by Gasteiger charge is 2.12. The second-order valence-corrected chi connectivity index (χ2v) is 5.07. The van der Waals surface area contributed by atoms with E-state index in [0.717, 1.165) is 16.5 Å². The van der Waals surface area contributed by atoms with E-state index in [-0.39, 0.29) is 5.82 Å². The third-order valence-electron chi connectivity index (χ3n) is 3.49. The summed E-state index contributed by atoms with van der Waals surface area (Å²) in [5, 5.41) is 1.03. The Morgan fingerprint density at radius 3 is 2.57 bits per heavy atom. The molecule has 3 rings (SSSR count). The van der Waals surface area contributed by atoms with E-state index in [2.05, 4.69) is 4.98 Å². The fourth-order valence-corrected chi connectivity index (χ4v) is 2.58. The first-order chi connectivity index (χ1) is 10.2. The van der Waals surface area contributed by atoms with Crippen LogP contribution in [0.4, 0.5) is 15.9 Å². The number of pyridine rings is 1. The molecule has 2 nitrogen and oxygen atoms in total. The average molecular weight is 301 g/mol. The molecule has 0 aliphatic rings. The summed E-state index contributed by atoms with van der Waals surface area (Å²) in [5.74, 6) is 0.790. The van der Waals surface area contributed by atoms with Crippen molar-refractivity contribution in [2.24, 2.45) is 0 Å². The van der Waals surface area contributed by atoms with Gasteiger partial charge in [0.2, 0.25) is 0 Å². The second-order valence-electron chi connectivity index (χ2n) is 4.80. The highest BCUT2D eigenvalue weighted by molar-refractivity contribution is 6.18. The molecular formula is C17H14ClFN2. The summed E-state index contributed by atoms with van der Waals surface area (Å²) in [6.45, 7) is 0. The third kappa shape index (κ3) is 2.57. The Hall–Kier alpha value is -2.13. The molecule has 106 valence electrons. The fraction of sp³-hybridized carbons (Fsp3) is 0.118. The number of para-hydroxylation sites is 2. The van der Waals surface area contributed by atoms with Crippen LogP contribution < -0.4 is 4.90 Å². The van der Waals surface area contributed by atoms with Gasteiger partial charge in [0.15, 0.2) is 0 Å². The van der Waals surface area contributed by atoms with Crippen LogP contribution in [0.25, 0.3) is 10.9 Å². The van der Waals surface area contributed by atoms with Crippen LogP contribution in [0.3, 0.4) is 0 Å². The number of nitrogens with zero attached hydrogens (tertiary/aromatic N) is 2. The lowest BCUT2D eigenvalue weighted by Crippen LogP contribution is -2.13. The first kappa shape index (κ1) is 13.8. The monoisotopic (exact) mass is 300 g/mol. The molecule has 0 aliphatic heterocycles. The summed E-state index contributed by atoms with van der Waals surface area (Å²) in [7, 11) is 1.80. The molecule has 0 saturated carbocycles. The van der Waals surface area contributed by atoms with Gasteiger partial charge < -0.3 is 4.90 Å². The highest BCUT2D eigenvalue weighted by Crippen LogP contribution is 2.29. The number of fused-ring (bicyclic) bond motifs is 1. The Morgan fingerprint density at radius 1 is 1.10 bits per heavy atom. The fourth-order valence-electron chi connectivity index (χ4n) is 2.36. The van der Waals surface area contributed by atoms with Gasteiger partial charge in [0.25, 0.3) is 0 Å². The molecule has 1 aromatic heterocycles.